The van der Waals surface area contributed by atoms with Gasteiger partial charge < -0.3 is 5.11 Å². The number of rotatable bonds is 5. The Morgan fingerprint density at radius 1 is 1.07 bits per heavy atom. The van der Waals surface area contributed by atoms with Crippen LogP contribution in [0.15, 0.2) is 69.3 Å². The van der Waals surface area contributed by atoms with E-state index in [-0.39, 0.29) is 11.4 Å². The van der Waals surface area contributed by atoms with E-state index in [0.29, 0.717) is 23.6 Å². The summed E-state index contributed by atoms with van der Waals surface area (Å²) >= 11 is 0. The Morgan fingerprint density at radius 3 is 2.57 bits per heavy atom. The number of aryl methyl sites for hydroxylation is 1. The summed E-state index contributed by atoms with van der Waals surface area (Å²) in [7, 11) is 3.01. The molecule has 0 radical (unpaired) electrons. The van der Waals surface area contributed by atoms with Gasteiger partial charge >= 0.3 is 5.69 Å². The fourth-order valence-corrected chi connectivity index (χ4v) is 3.22. The number of aromatic hydroxyl groups is 1. The Labute approximate surface area is 171 Å². The molecule has 0 saturated heterocycles. The SMILES string of the molecule is Cn1c(=O)c2c(nc(N/N=C/c3cccc(O)c3)n2Cc2ccccc2)n(C)c1=O. The summed E-state index contributed by atoms with van der Waals surface area (Å²) in [6.45, 7) is 0.370. The Bertz CT molecular complexity index is 1370. The van der Waals surface area contributed by atoms with E-state index >= 15 is 0 Å². The second-order valence-corrected chi connectivity index (χ2v) is 6.85. The van der Waals surface area contributed by atoms with Gasteiger partial charge in [-0.1, -0.05) is 42.5 Å². The predicted octanol–water partition coefficient (Wildman–Crippen LogP) is 1.63. The van der Waals surface area contributed by atoms with Gasteiger partial charge in [0.05, 0.1) is 12.8 Å². The summed E-state index contributed by atoms with van der Waals surface area (Å²) in [5.74, 6) is 0.456. The van der Waals surface area contributed by atoms with Crippen molar-refractivity contribution in [3.05, 3.63) is 86.6 Å². The molecule has 0 amide bonds. The van der Waals surface area contributed by atoms with Crippen LogP contribution in [0.3, 0.4) is 0 Å². The zero-order valence-electron chi connectivity index (χ0n) is 16.5. The molecule has 152 valence electrons. The lowest BCUT2D eigenvalue weighted by atomic mass is 10.2. The van der Waals surface area contributed by atoms with Crippen LogP contribution < -0.4 is 16.7 Å². The van der Waals surface area contributed by atoms with E-state index in [1.165, 1.54) is 17.8 Å². The van der Waals surface area contributed by atoms with Gasteiger partial charge in [-0.2, -0.15) is 10.1 Å². The van der Waals surface area contributed by atoms with E-state index in [9.17, 15) is 14.7 Å². The highest BCUT2D eigenvalue weighted by Gasteiger charge is 2.19. The summed E-state index contributed by atoms with van der Waals surface area (Å²) in [4.78, 5) is 29.6. The molecule has 9 heteroatoms. The molecular weight excluding hydrogens is 384 g/mol. The first-order valence-electron chi connectivity index (χ1n) is 9.24. The molecule has 0 aliphatic rings. The lowest BCUT2D eigenvalue weighted by Crippen LogP contribution is -2.37. The van der Waals surface area contributed by atoms with Gasteiger partial charge in [0.15, 0.2) is 11.2 Å². The molecule has 30 heavy (non-hydrogen) atoms. The highest BCUT2D eigenvalue weighted by molar-refractivity contribution is 5.81. The van der Waals surface area contributed by atoms with Crippen molar-refractivity contribution in [2.75, 3.05) is 5.43 Å². The lowest BCUT2D eigenvalue weighted by Gasteiger charge is -2.09. The van der Waals surface area contributed by atoms with Crippen LogP contribution in [-0.2, 0) is 20.6 Å². The Hall–Kier alpha value is -4.14. The van der Waals surface area contributed by atoms with Crippen LogP contribution in [0.25, 0.3) is 11.2 Å². The molecule has 0 unspecified atom stereocenters. The van der Waals surface area contributed by atoms with E-state index in [2.05, 4.69) is 15.5 Å². The molecule has 0 spiro atoms. The molecule has 0 atom stereocenters. The highest BCUT2D eigenvalue weighted by atomic mass is 16.3. The average molecular weight is 404 g/mol. The number of phenolic OH excluding ortho intramolecular Hbond substituents is 1. The minimum Gasteiger partial charge on any atom is -0.508 e. The van der Waals surface area contributed by atoms with Crippen molar-refractivity contribution in [1.82, 2.24) is 18.7 Å². The Morgan fingerprint density at radius 2 is 1.83 bits per heavy atom. The number of nitrogens with one attached hydrogen (secondary N) is 1. The zero-order valence-corrected chi connectivity index (χ0v) is 16.5. The van der Waals surface area contributed by atoms with Gasteiger partial charge in [-0.05, 0) is 23.3 Å². The average Bonchev–Trinajstić information content (AvgIpc) is 3.10. The minimum atomic E-state index is -0.452. The quantitative estimate of drug-likeness (QED) is 0.388. The van der Waals surface area contributed by atoms with Crippen molar-refractivity contribution in [2.45, 2.75) is 6.54 Å². The van der Waals surface area contributed by atoms with Crippen molar-refractivity contribution in [3.63, 3.8) is 0 Å². The van der Waals surface area contributed by atoms with E-state index in [0.717, 1.165) is 10.1 Å². The second-order valence-electron chi connectivity index (χ2n) is 6.85. The van der Waals surface area contributed by atoms with Crippen LogP contribution in [0.1, 0.15) is 11.1 Å². The third-order valence-corrected chi connectivity index (χ3v) is 4.78. The maximum Gasteiger partial charge on any atom is 0.332 e. The first-order chi connectivity index (χ1) is 14.5. The zero-order chi connectivity index (χ0) is 21.3. The highest BCUT2D eigenvalue weighted by Crippen LogP contribution is 2.18. The van der Waals surface area contributed by atoms with Crippen LogP contribution in [0, 0.1) is 0 Å². The van der Waals surface area contributed by atoms with Crippen LogP contribution in [0.4, 0.5) is 5.95 Å². The van der Waals surface area contributed by atoms with Crippen molar-refractivity contribution in [1.29, 1.82) is 0 Å². The largest absolute Gasteiger partial charge is 0.508 e. The summed E-state index contributed by atoms with van der Waals surface area (Å²) in [5.41, 5.74) is 4.21. The number of aromatic nitrogens is 4. The summed E-state index contributed by atoms with van der Waals surface area (Å²) < 4.78 is 4.10. The van der Waals surface area contributed by atoms with Crippen LogP contribution in [-0.4, -0.2) is 30.0 Å². The minimum absolute atomic E-state index is 0.133. The number of benzene rings is 2. The Balaban J connectivity index is 1.82. The number of hydrogen-bond donors (Lipinski definition) is 2. The number of imidazole rings is 1. The summed E-state index contributed by atoms with van der Waals surface area (Å²) in [6, 6.07) is 16.3. The smallest absolute Gasteiger partial charge is 0.332 e. The normalized spacial score (nSPS) is 11.4. The van der Waals surface area contributed by atoms with Crippen molar-refractivity contribution in [3.8, 4) is 5.75 Å². The molecular formula is C21H20N6O3. The maximum atomic E-state index is 12.9. The second kappa shape index (κ2) is 7.70. The Kier molecular flexibility index (Phi) is 4.93. The standard InChI is InChI=1S/C21H20N6O3/c1-25-18-17(19(29)26(2)21(25)30)27(13-14-7-4-3-5-8-14)20(23-18)24-22-12-15-9-6-10-16(28)11-15/h3-12,28H,13H2,1-2H3,(H,23,24)/b22-12+. The van der Waals surface area contributed by atoms with Crippen molar-refractivity contribution in [2.24, 2.45) is 19.2 Å². The lowest BCUT2D eigenvalue weighted by molar-refractivity contribution is 0.475. The summed E-state index contributed by atoms with van der Waals surface area (Å²) in [5, 5.41) is 13.8. The van der Waals surface area contributed by atoms with Gasteiger partial charge in [-0.3, -0.25) is 18.5 Å². The monoisotopic (exact) mass is 404 g/mol. The van der Waals surface area contributed by atoms with E-state index in [1.807, 2.05) is 30.3 Å². The van der Waals surface area contributed by atoms with E-state index in [4.69, 9.17) is 0 Å². The van der Waals surface area contributed by atoms with Gasteiger partial charge in [0, 0.05) is 14.1 Å². The van der Waals surface area contributed by atoms with Gasteiger partial charge in [0.2, 0.25) is 5.95 Å². The molecule has 2 aromatic carbocycles. The molecule has 9 nitrogen and oxygen atoms in total. The molecule has 0 fully saturated rings. The molecule has 2 N–H and O–H groups in total. The van der Waals surface area contributed by atoms with Crippen molar-refractivity contribution >= 4 is 23.3 Å². The fraction of sp³-hybridized carbons (Fsp3) is 0.143. The summed E-state index contributed by atoms with van der Waals surface area (Å²) in [6.07, 6.45) is 1.53. The van der Waals surface area contributed by atoms with Crippen LogP contribution in [0.2, 0.25) is 0 Å². The van der Waals surface area contributed by atoms with Gasteiger partial charge in [-0.25, -0.2) is 10.2 Å². The predicted molar refractivity (Wildman–Crippen MR) is 115 cm³/mol. The molecule has 0 aliphatic carbocycles. The van der Waals surface area contributed by atoms with Gasteiger partial charge in [0.1, 0.15) is 5.75 Å². The third-order valence-electron chi connectivity index (χ3n) is 4.78. The topological polar surface area (TPSA) is 106 Å². The molecule has 0 bridgehead atoms. The number of anilines is 1. The fourth-order valence-electron chi connectivity index (χ4n) is 3.22. The molecule has 0 aliphatic heterocycles. The molecule has 2 heterocycles. The molecule has 4 rings (SSSR count). The number of phenols is 1. The van der Waals surface area contributed by atoms with Crippen LogP contribution in [0.5, 0.6) is 5.75 Å². The molecule has 0 saturated carbocycles. The number of nitrogens with zero attached hydrogens (tertiary/aromatic N) is 5. The van der Waals surface area contributed by atoms with Crippen LogP contribution >= 0.6 is 0 Å². The first kappa shape index (κ1) is 19.2. The number of fused-ring (bicyclic) bond motifs is 1. The molecule has 2 aromatic heterocycles. The number of hydrazone groups is 1. The van der Waals surface area contributed by atoms with Crippen molar-refractivity contribution < 1.29 is 5.11 Å². The maximum absolute atomic E-state index is 12.9. The van der Waals surface area contributed by atoms with Gasteiger partial charge in [-0.15, -0.1) is 0 Å². The third kappa shape index (κ3) is 3.48. The van der Waals surface area contributed by atoms with E-state index < -0.39 is 11.2 Å². The molecule has 4 aromatic rings. The van der Waals surface area contributed by atoms with Gasteiger partial charge in [0.25, 0.3) is 5.56 Å². The first-order valence-corrected chi connectivity index (χ1v) is 9.24. The van der Waals surface area contributed by atoms with E-state index in [1.54, 1.807) is 35.9 Å². The number of hydrogen-bond acceptors (Lipinski definition) is 6.